The number of anilines is 2. The fourth-order valence-electron chi connectivity index (χ4n) is 1.94. The summed E-state index contributed by atoms with van der Waals surface area (Å²) in [5.41, 5.74) is 5.75. The van der Waals surface area contributed by atoms with Crippen molar-refractivity contribution in [2.45, 2.75) is 19.5 Å². The third-order valence-corrected chi connectivity index (χ3v) is 3.09. The minimum Gasteiger partial charge on any atom is -0.394 e. The molecule has 0 aliphatic rings. The number of aliphatic hydroxyl groups is 1. The number of aromatic nitrogens is 2. The molecular weight excluding hydrogens is 272 g/mol. The van der Waals surface area contributed by atoms with E-state index < -0.39 is 11.2 Å². The molecule has 0 fully saturated rings. The van der Waals surface area contributed by atoms with E-state index in [0.717, 1.165) is 5.56 Å². The van der Waals surface area contributed by atoms with Crippen LogP contribution in [-0.2, 0) is 6.54 Å². The number of hydrogen-bond donors (Lipinski definition) is 4. The second-order valence-electron chi connectivity index (χ2n) is 4.82. The maximum atomic E-state index is 11.9. The molecule has 2 rings (SSSR count). The zero-order valence-corrected chi connectivity index (χ0v) is 11.7. The minimum absolute atomic E-state index is 0.0490. The summed E-state index contributed by atoms with van der Waals surface area (Å²) >= 11 is 0. The van der Waals surface area contributed by atoms with Gasteiger partial charge in [0, 0.05) is 6.04 Å². The molecule has 1 aromatic heterocycles. The SMILES string of the molecule is CC(CO)Nc1c(N)n(Cc2ccccc2)c(=O)[nH]c1=O. The van der Waals surface area contributed by atoms with Gasteiger partial charge in [0.05, 0.1) is 13.2 Å². The lowest BCUT2D eigenvalue weighted by atomic mass is 10.2. The van der Waals surface area contributed by atoms with Gasteiger partial charge in [-0.25, -0.2) is 4.79 Å². The van der Waals surface area contributed by atoms with Crippen molar-refractivity contribution in [3.05, 3.63) is 56.7 Å². The Morgan fingerprint density at radius 1 is 1.33 bits per heavy atom. The van der Waals surface area contributed by atoms with Crippen molar-refractivity contribution in [3.8, 4) is 0 Å². The molecule has 0 amide bonds. The topological polar surface area (TPSA) is 113 Å². The average molecular weight is 290 g/mol. The Morgan fingerprint density at radius 3 is 2.62 bits per heavy atom. The van der Waals surface area contributed by atoms with Gasteiger partial charge in [-0.1, -0.05) is 30.3 Å². The fraction of sp³-hybridized carbons (Fsp3) is 0.286. The summed E-state index contributed by atoms with van der Waals surface area (Å²) < 4.78 is 1.28. The average Bonchev–Trinajstić information content (AvgIpc) is 2.48. The molecule has 5 N–H and O–H groups in total. The third-order valence-electron chi connectivity index (χ3n) is 3.09. The monoisotopic (exact) mass is 290 g/mol. The first-order chi connectivity index (χ1) is 10.0. The molecule has 7 nitrogen and oxygen atoms in total. The summed E-state index contributed by atoms with van der Waals surface area (Å²) in [6, 6.07) is 8.96. The van der Waals surface area contributed by atoms with Crippen molar-refractivity contribution < 1.29 is 5.11 Å². The van der Waals surface area contributed by atoms with Gasteiger partial charge in [-0.05, 0) is 12.5 Å². The molecule has 0 saturated carbocycles. The lowest BCUT2D eigenvalue weighted by Gasteiger charge is -2.16. The van der Waals surface area contributed by atoms with Gasteiger partial charge < -0.3 is 16.2 Å². The van der Waals surface area contributed by atoms with Crippen molar-refractivity contribution in [1.29, 1.82) is 0 Å². The molecule has 1 unspecified atom stereocenters. The zero-order chi connectivity index (χ0) is 15.4. The Balaban J connectivity index is 2.44. The predicted molar refractivity (Wildman–Crippen MR) is 81.4 cm³/mol. The maximum absolute atomic E-state index is 11.9. The molecule has 2 aromatic rings. The summed E-state index contributed by atoms with van der Waals surface area (Å²) in [6.07, 6.45) is 0. The van der Waals surface area contributed by atoms with Gasteiger partial charge in [0.15, 0.2) is 0 Å². The third kappa shape index (κ3) is 3.32. The Kier molecular flexibility index (Phi) is 4.44. The van der Waals surface area contributed by atoms with Gasteiger partial charge >= 0.3 is 5.69 Å². The van der Waals surface area contributed by atoms with E-state index in [9.17, 15) is 9.59 Å². The van der Waals surface area contributed by atoms with Crippen LogP contribution in [0.15, 0.2) is 39.9 Å². The first kappa shape index (κ1) is 14.9. The van der Waals surface area contributed by atoms with Gasteiger partial charge in [-0.3, -0.25) is 14.3 Å². The largest absolute Gasteiger partial charge is 0.394 e. The van der Waals surface area contributed by atoms with E-state index in [1.54, 1.807) is 6.92 Å². The number of nitrogens with one attached hydrogen (secondary N) is 2. The number of aromatic amines is 1. The number of rotatable bonds is 5. The van der Waals surface area contributed by atoms with Gasteiger partial charge in [0.1, 0.15) is 11.5 Å². The number of hydrogen-bond acceptors (Lipinski definition) is 5. The molecule has 0 saturated heterocycles. The molecule has 112 valence electrons. The highest BCUT2D eigenvalue weighted by molar-refractivity contribution is 5.61. The second kappa shape index (κ2) is 6.27. The molecule has 7 heteroatoms. The molecule has 1 aromatic carbocycles. The molecule has 1 atom stereocenters. The smallest absolute Gasteiger partial charge is 0.330 e. The molecule has 0 aliphatic carbocycles. The van der Waals surface area contributed by atoms with E-state index in [1.807, 2.05) is 30.3 Å². The summed E-state index contributed by atoms with van der Waals surface area (Å²) in [4.78, 5) is 26.0. The highest BCUT2D eigenvalue weighted by atomic mass is 16.3. The Labute approximate surface area is 121 Å². The summed E-state index contributed by atoms with van der Waals surface area (Å²) in [6.45, 7) is 1.80. The standard InChI is InChI=1S/C14H18N4O3/c1-9(8-19)16-11-12(15)18(14(21)17-13(11)20)7-10-5-3-2-4-6-10/h2-6,9,16,19H,7-8,15H2,1H3,(H,17,20,21). The Hall–Kier alpha value is -2.54. The first-order valence-electron chi connectivity index (χ1n) is 6.57. The zero-order valence-electron chi connectivity index (χ0n) is 11.7. The van der Waals surface area contributed by atoms with E-state index in [1.165, 1.54) is 4.57 Å². The summed E-state index contributed by atoms with van der Waals surface area (Å²) in [5.74, 6) is 0.0490. The number of nitrogens with two attached hydrogens (primary N) is 1. The van der Waals surface area contributed by atoms with Crippen LogP contribution in [0.1, 0.15) is 12.5 Å². The van der Waals surface area contributed by atoms with Crippen LogP contribution < -0.4 is 22.3 Å². The highest BCUT2D eigenvalue weighted by Crippen LogP contribution is 2.13. The molecule has 0 aliphatic heterocycles. The number of H-pyrrole nitrogens is 1. The van der Waals surface area contributed by atoms with Gasteiger partial charge in [0.2, 0.25) is 0 Å². The molecular formula is C14H18N4O3. The van der Waals surface area contributed by atoms with E-state index in [0.29, 0.717) is 0 Å². The Morgan fingerprint density at radius 2 is 2.00 bits per heavy atom. The fourth-order valence-corrected chi connectivity index (χ4v) is 1.94. The lowest BCUT2D eigenvalue weighted by molar-refractivity contribution is 0.281. The van der Waals surface area contributed by atoms with Crippen molar-refractivity contribution in [1.82, 2.24) is 9.55 Å². The number of nitrogens with zero attached hydrogens (tertiary/aromatic N) is 1. The van der Waals surface area contributed by atoms with Crippen molar-refractivity contribution in [2.75, 3.05) is 17.7 Å². The minimum atomic E-state index is -0.595. The van der Waals surface area contributed by atoms with Gasteiger partial charge in [-0.15, -0.1) is 0 Å². The molecule has 1 heterocycles. The van der Waals surface area contributed by atoms with Crippen LogP contribution in [-0.4, -0.2) is 27.3 Å². The van der Waals surface area contributed by atoms with Crippen molar-refractivity contribution >= 4 is 11.5 Å². The van der Waals surface area contributed by atoms with Crippen LogP contribution in [0.4, 0.5) is 11.5 Å². The number of aliphatic hydroxyl groups excluding tert-OH is 1. The molecule has 0 radical (unpaired) electrons. The normalized spacial score (nSPS) is 12.1. The van der Waals surface area contributed by atoms with Crippen LogP contribution in [0.25, 0.3) is 0 Å². The number of benzene rings is 1. The molecule has 0 spiro atoms. The maximum Gasteiger partial charge on any atom is 0.330 e. The number of nitrogen functional groups attached to an aromatic ring is 1. The lowest BCUT2D eigenvalue weighted by Crippen LogP contribution is -2.36. The van der Waals surface area contributed by atoms with Crippen LogP contribution in [0.2, 0.25) is 0 Å². The molecule has 21 heavy (non-hydrogen) atoms. The van der Waals surface area contributed by atoms with Crippen LogP contribution in [0.3, 0.4) is 0 Å². The van der Waals surface area contributed by atoms with E-state index >= 15 is 0 Å². The van der Waals surface area contributed by atoms with Crippen molar-refractivity contribution in [2.24, 2.45) is 0 Å². The van der Waals surface area contributed by atoms with Crippen LogP contribution in [0, 0.1) is 0 Å². The van der Waals surface area contributed by atoms with E-state index in [4.69, 9.17) is 10.8 Å². The first-order valence-corrected chi connectivity index (χ1v) is 6.57. The molecule has 0 bridgehead atoms. The van der Waals surface area contributed by atoms with Gasteiger partial charge in [-0.2, -0.15) is 0 Å². The predicted octanol–water partition coefficient (Wildman–Crippen LogP) is -0.0402. The summed E-state index contributed by atoms with van der Waals surface area (Å²) in [5, 5.41) is 11.9. The van der Waals surface area contributed by atoms with Crippen LogP contribution in [0.5, 0.6) is 0 Å². The Bertz CT molecular complexity index is 721. The quantitative estimate of drug-likeness (QED) is 0.617. The van der Waals surface area contributed by atoms with Crippen molar-refractivity contribution in [3.63, 3.8) is 0 Å². The van der Waals surface area contributed by atoms with Crippen LogP contribution >= 0.6 is 0 Å². The van der Waals surface area contributed by atoms with E-state index in [2.05, 4.69) is 10.3 Å². The highest BCUT2D eigenvalue weighted by Gasteiger charge is 2.14. The second-order valence-corrected chi connectivity index (χ2v) is 4.82. The summed E-state index contributed by atoms with van der Waals surface area (Å²) in [7, 11) is 0. The van der Waals surface area contributed by atoms with Gasteiger partial charge in [0.25, 0.3) is 5.56 Å². The van der Waals surface area contributed by atoms with E-state index in [-0.39, 0.29) is 30.7 Å².